The number of nitrogens with zero attached hydrogens (tertiary/aromatic N) is 2. The van der Waals surface area contributed by atoms with E-state index in [2.05, 4.69) is 9.97 Å². The van der Waals surface area contributed by atoms with Gasteiger partial charge < -0.3 is 5.73 Å². The molecule has 0 aromatic carbocycles. The van der Waals surface area contributed by atoms with E-state index in [1.165, 1.54) is 17.7 Å². The topological polar surface area (TPSA) is 51.8 Å². The average molecular weight is 177 g/mol. The minimum atomic E-state index is 0.723. The highest BCUT2D eigenvalue weighted by Gasteiger charge is 2.12. The molecule has 70 valence electrons. The van der Waals surface area contributed by atoms with Gasteiger partial charge in [-0.2, -0.15) is 0 Å². The minimum absolute atomic E-state index is 0.723. The molecule has 0 saturated carbocycles. The zero-order valence-corrected chi connectivity index (χ0v) is 7.79. The summed E-state index contributed by atoms with van der Waals surface area (Å²) in [6.45, 7) is 0.723. The van der Waals surface area contributed by atoms with Gasteiger partial charge in [0, 0.05) is 18.3 Å². The standard InChI is InChI=1S/C10H15N3/c11-6-2-5-10-12-7-8-3-1-4-9(8)13-10/h7H,1-6,11H2. The number of fused-ring (bicyclic) bond motifs is 1. The van der Waals surface area contributed by atoms with Crippen molar-refractivity contribution in [2.24, 2.45) is 5.73 Å². The molecule has 1 heterocycles. The van der Waals surface area contributed by atoms with Crippen LogP contribution in [0.2, 0.25) is 0 Å². The van der Waals surface area contributed by atoms with E-state index >= 15 is 0 Å². The molecule has 0 saturated heterocycles. The molecule has 0 fully saturated rings. The molecule has 3 heteroatoms. The van der Waals surface area contributed by atoms with Crippen LogP contribution in [-0.4, -0.2) is 16.5 Å². The van der Waals surface area contributed by atoms with Crippen molar-refractivity contribution in [2.45, 2.75) is 32.1 Å². The van der Waals surface area contributed by atoms with E-state index in [-0.39, 0.29) is 0 Å². The molecule has 0 amide bonds. The van der Waals surface area contributed by atoms with Crippen LogP contribution in [0.5, 0.6) is 0 Å². The smallest absolute Gasteiger partial charge is 0.128 e. The van der Waals surface area contributed by atoms with E-state index in [0.29, 0.717) is 0 Å². The van der Waals surface area contributed by atoms with Crippen molar-refractivity contribution in [1.29, 1.82) is 0 Å². The summed E-state index contributed by atoms with van der Waals surface area (Å²) in [5.74, 6) is 0.964. The van der Waals surface area contributed by atoms with Gasteiger partial charge >= 0.3 is 0 Å². The van der Waals surface area contributed by atoms with Crippen LogP contribution in [0.1, 0.15) is 29.9 Å². The molecule has 0 aliphatic heterocycles. The molecular formula is C10H15N3. The van der Waals surface area contributed by atoms with Crippen LogP contribution < -0.4 is 5.73 Å². The number of hydrogen-bond donors (Lipinski definition) is 1. The Balaban J connectivity index is 2.12. The zero-order chi connectivity index (χ0) is 9.10. The number of aryl methyl sites for hydroxylation is 3. The molecule has 0 radical (unpaired) electrons. The van der Waals surface area contributed by atoms with Gasteiger partial charge in [0.25, 0.3) is 0 Å². The van der Waals surface area contributed by atoms with E-state index in [1.807, 2.05) is 6.20 Å². The molecule has 0 unspecified atom stereocenters. The van der Waals surface area contributed by atoms with Crippen molar-refractivity contribution in [2.75, 3.05) is 6.54 Å². The number of aromatic nitrogens is 2. The fraction of sp³-hybridized carbons (Fsp3) is 0.600. The Labute approximate surface area is 78.4 Å². The quantitative estimate of drug-likeness (QED) is 0.745. The Hall–Kier alpha value is -0.960. The van der Waals surface area contributed by atoms with Crippen molar-refractivity contribution in [3.05, 3.63) is 23.3 Å². The van der Waals surface area contributed by atoms with Gasteiger partial charge in [-0.25, -0.2) is 9.97 Å². The summed E-state index contributed by atoms with van der Waals surface area (Å²) in [6, 6.07) is 0. The lowest BCUT2D eigenvalue weighted by Crippen LogP contribution is -2.04. The molecule has 3 nitrogen and oxygen atoms in total. The van der Waals surface area contributed by atoms with Crippen LogP contribution in [0, 0.1) is 0 Å². The van der Waals surface area contributed by atoms with Gasteiger partial charge in [-0.05, 0) is 37.8 Å². The van der Waals surface area contributed by atoms with Crippen molar-refractivity contribution in [1.82, 2.24) is 9.97 Å². The van der Waals surface area contributed by atoms with Crippen LogP contribution >= 0.6 is 0 Å². The van der Waals surface area contributed by atoms with Crippen molar-refractivity contribution >= 4 is 0 Å². The summed E-state index contributed by atoms with van der Waals surface area (Å²) in [6.07, 6.45) is 7.42. The summed E-state index contributed by atoms with van der Waals surface area (Å²) in [5.41, 5.74) is 8.04. The third kappa shape index (κ3) is 1.86. The Morgan fingerprint density at radius 2 is 2.31 bits per heavy atom. The van der Waals surface area contributed by atoms with Gasteiger partial charge in [0.05, 0.1) is 0 Å². The molecular weight excluding hydrogens is 162 g/mol. The van der Waals surface area contributed by atoms with E-state index < -0.39 is 0 Å². The molecule has 2 N–H and O–H groups in total. The summed E-state index contributed by atoms with van der Waals surface area (Å²) in [5, 5.41) is 0. The highest BCUT2D eigenvalue weighted by molar-refractivity contribution is 5.22. The second-order valence-corrected chi connectivity index (χ2v) is 3.50. The van der Waals surface area contributed by atoms with Gasteiger partial charge in [0.15, 0.2) is 0 Å². The van der Waals surface area contributed by atoms with Crippen LogP contribution in [0.3, 0.4) is 0 Å². The molecule has 0 spiro atoms. The van der Waals surface area contributed by atoms with Gasteiger partial charge in [-0.15, -0.1) is 0 Å². The highest BCUT2D eigenvalue weighted by Crippen LogP contribution is 2.18. The molecule has 1 aromatic heterocycles. The SMILES string of the molecule is NCCCc1ncc2c(n1)CCC2. The van der Waals surface area contributed by atoms with Crippen LogP contribution in [-0.2, 0) is 19.3 Å². The van der Waals surface area contributed by atoms with Crippen molar-refractivity contribution in [3.63, 3.8) is 0 Å². The monoisotopic (exact) mass is 177 g/mol. The fourth-order valence-corrected chi connectivity index (χ4v) is 1.74. The molecule has 1 aromatic rings. The van der Waals surface area contributed by atoms with Gasteiger partial charge in [-0.1, -0.05) is 0 Å². The lowest BCUT2D eigenvalue weighted by atomic mass is 10.2. The predicted molar refractivity (Wildman–Crippen MR) is 51.4 cm³/mol. The maximum Gasteiger partial charge on any atom is 0.128 e. The second-order valence-electron chi connectivity index (χ2n) is 3.50. The Kier molecular flexibility index (Phi) is 2.54. The predicted octanol–water partition coefficient (Wildman–Crippen LogP) is 0.857. The molecule has 0 atom stereocenters. The Morgan fingerprint density at radius 3 is 3.15 bits per heavy atom. The summed E-state index contributed by atoms with van der Waals surface area (Å²) < 4.78 is 0. The zero-order valence-electron chi connectivity index (χ0n) is 7.79. The average Bonchev–Trinajstić information content (AvgIpc) is 2.61. The third-order valence-electron chi connectivity index (χ3n) is 2.47. The highest BCUT2D eigenvalue weighted by atomic mass is 14.9. The van der Waals surface area contributed by atoms with Crippen molar-refractivity contribution < 1.29 is 0 Å². The maximum absolute atomic E-state index is 5.43. The first-order valence-electron chi connectivity index (χ1n) is 4.94. The molecule has 13 heavy (non-hydrogen) atoms. The van der Waals surface area contributed by atoms with Gasteiger partial charge in [0.2, 0.25) is 0 Å². The van der Waals surface area contributed by atoms with Crippen LogP contribution in [0.4, 0.5) is 0 Å². The lowest BCUT2D eigenvalue weighted by Gasteiger charge is -2.01. The van der Waals surface area contributed by atoms with E-state index in [1.54, 1.807) is 0 Å². The molecule has 2 rings (SSSR count). The summed E-state index contributed by atoms with van der Waals surface area (Å²) in [7, 11) is 0. The van der Waals surface area contributed by atoms with Crippen LogP contribution in [0.15, 0.2) is 6.20 Å². The van der Waals surface area contributed by atoms with Crippen molar-refractivity contribution in [3.8, 4) is 0 Å². The number of rotatable bonds is 3. The van der Waals surface area contributed by atoms with Gasteiger partial charge in [-0.3, -0.25) is 0 Å². The molecule has 1 aliphatic rings. The first-order chi connectivity index (χ1) is 6.40. The Bertz CT molecular complexity index is 296. The van der Waals surface area contributed by atoms with E-state index in [0.717, 1.165) is 38.1 Å². The summed E-state index contributed by atoms with van der Waals surface area (Å²) >= 11 is 0. The fourth-order valence-electron chi connectivity index (χ4n) is 1.74. The molecule has 1 aliphatic carbocycles. The number of nitrogens with two attached hydrogens (primary N) is 1. The Morgan fingerprint density at radius 1 is 1.38 bits per heavy atom. The van der Waals surface area contributed by atoms with E-state index in [9.17, 15) is 0 Å². The van der Waals surface area contributed by atoms with Crippen LogP contribution in [0.25, 0.3) is 0 Å². The lowest BCUT2D eigenvalue weighted by molar-refractivity contribution is 0.770. The summed E-state index contributed by atoms with van der Waals surface area (Å²) in [4.78, 5) is 8.85. The minimum Gasteiger partial charge on any atom is -0.330 e. The van der Waals surface area contributed by atoms with Gasteiger partial charge in [0.1, 0.15) is 5.82 Å². The maximum atomic E-state index is 5.43. The normalized spacial score (nSPS) is 14.5. The molecule has 0 bridgehead atoms. The third-order valence-corrected chi connectivity index (χ3v) is 2.47. The van der Waals surface area contributed by atoms with E-state index in [4.69, 9.17) is 5.73 Å². The second kappa shape index (κ2) is 3.83. The number of hydrogen-bond acceptors (Lipinski definition) is 3. The first-order valence-corrected chi connectivity index (χ1v) is 4.94. The first kappa shape index (κ1) is 8.63. The largest absolute Gasteiger partial charge is 0.330 e.